The van der Waals surface area contributed by atoms with Crippen molar-refractivity contribution in [2.45, 2.75) is 32.7 Å². The molecule has 1 saturated heterocycles. The van der Waals surface area contributed by atoms with Crippen molar-refractivity contribution in [1.82, 2.24) is 9.88 Å². The van der Waals surface area contributed by atoms with E-state index < -0.39 is 6.04 Å². The van der Waals surface area contributed by atoms with Crippen LogP contribution in [0.4, 0.5) is 5.69 Å². The monoisotopic (exact) mass is 407 g/mol. The average molecular weight is 408 g/mol. The van der Waals surface area contributed by atoms with Gasteiger partial charge in [0.25, 0.3) is 0 Å². The number of hydrogen-bond acceptors (Lipinski definition) is 3. The van der Waals surface area contributed by atoms with Gasteiger partial charge in [-0.05, 0) is 55.2 Å². The normalized spacial score (nSPS) is 16.3. The van der Waals surface area contributed by atoms with Crippen LogP contribution in [0, 0.1) is 13.8 Å². The molecule has 2 amide bonds. The molecule has 0 aliphatic carbocycles. The predicted octanol–water partition coefficient (Wildman–Crippen LogP) is 4.26. The van der Waals surface area contributed by atoms with Crippen molar-refractivity contribution in [3.63, 3.8) is 0 Å². The van der Waals surface area contributed by atoms with Gasteiger partial charge in [-0.3, -0.25) is 9.59 Å². The molecule has 1 aromatic heterocycles. The third kappa shape index (κ3) is 4.17. The van der Waals surface area contributed by atoms with E-state index in [0.717, 1.165) is 27.7 Å². The number of rotatable bonds is 5. The van der Waals surface area contributed by atoms with E-state index in [1.165, 1.54) is 5.56 Å². The highest BCUT2D eigenvalue weighted by Gasteiger charge is 2.34. The van der Waals surface area contributed by atoms with Crippen molar-refractivity contribution in [2.24, 2.45) is 0 Å². The molecule has 1 aliphatic heterocycles. The summed E-state index contributed by atoms with van der Waals surface area (Å²) in [5, 5.41) is 4.13. The molecule has 6 heteroatoms. The number of nitrogens with zero attached hydrogens (tertiary/aromatic N) is 1. The molecule has 1 unspecified atom stereocenters. The maximum Gasteiger partial charge on any atom is 0.248 e. The lowest BCUT2D eigenvalue weighted by molar-refractivity contribution is -0.136. The fraction of sp³-hybridized carbons (Fsp3) is 0.304. The van der Waals surface area contributed by atoms with Crippen molar-refractivity contribution in [3.8, 4) is 0 Å². The second-order valence-electron chi connectivity index (χ2n) is 7.53. The van der Waals surface area contributed by atoms with Crippen LogP contribution in [0.15, 0.2) is 48.7 Å². The highest BCUT2D eigenvalue weighted by Crippen LogP contribution is 2.25. The molecule has 0 saturated carbocycles. The van der Waals surface area contributed by atoms with Crippen molar-refractivity contribution in [3.05, 3.63) is 65.4 Å². The molecule has 4 rings (SSSR count). The largest absolute Gasteiger partial charge is 0.361 e. The molecule has 3 aromatic rings. The maximum atomic E-state index is 12.9. The van der Waals surface area contributed by atoms with E-state index in [0.29, 0.717) is 24.5 Å². The molecule has 29 heavy (non-hydrogen) atoms. The van der Waals surface area contributed by atoms with Crippen LogP contribution in [0.2, 0.25) is 0 Å². The Morgan fingerprint density at radius 1 is 1.17 bits per heavy atom. The third-order valence-electron chi connectivity index (χ3n) is 5.56. The Labute approximate surface area is 174 Å². The molecule has 5 nitrogen and oxygen atoms in total. The molecule has 0 bridgehead atoms. The summed E-state index contributed by atoms with van der Waals surface area (Å²) >= 11 is 1.63. The Morgan fingerprint density at radius 2 is 2.00 bits per heavy atom. The third-order valence-corrected chi connectivity index (χ3v) is 6.58. The lowest BCUT2D eigenvalue weighted by atomic mass is 10.1. The van der Waals surface area contributed by atoms with Crippen molar-refractivity contribution < 1.29 is 9.59 Å². The molecule has 0 spiro atoms. The smallest absolute Gasteiger partial charge is 0.248 e. The maximum absolute atomic E-state index is 12.9. The van der Waals surface area contributed by atoms with Crippen molar-refractivity contribution in [2.75, 3.05) is 16.9 Å². The molecule has 150 valence electrons. The number of fused-ring (bicyclic) bond motifs is 1. The minimum absolute atomic E-state index is 0.0283. The second-order valence-corrected chi connectivity index (χ2v) is 8.53. The Hall–Kier alpha value is -2.73. The van der Waals surface area contributed by atoms with Crippen LogP contribution in [0.25, 0.3) is 10.9 Å². The van der Waals surface area contributed by atoms with Gasteiger partial charge in [0.05, 0.1) is 5.88 Å². The summed E-state index contributed by atoms with van der Waals surface area (Å²) in [6.45, 7) is 4.07. The Morgan fingerprint density at radius 3 is 2.83 bits per heavy atom. The molecular formula is C23H25N3O2S. The molecule has 0 radical (unpaired) electrons. The summed E-state index contributed by atoms with van der Waals surface area (Å²) < 4.78 is 0. The number of benzene rings is 2. The van der Waals surface area contributed by atoms with E-state index >= 15 is 0 Å². The van der Waals surface area contributed by atoms with Crippen LogP contribution in [-0.2, 0) is 16.0 Å². The first-order chi connectivity index (χ1) is 14.0. The quantitative estimate of drug-likeness (QED) is 0.664. The van der Waals surface area contributed by atoms with E-state index in [1.807, 2.05) is 56.4 Å². The van der Waals surface area contributed by atoms with Gasteiger partial charge in [0.2, 0.25) is 11.8 Å². The number of para-hydroxylation sites is 1. The van der Waals surface area contributed by atoms with Gasteiger partial charge >= 0.3 is 0 Å². The molecule has 2 aromatic carbocycles. The van der Waals surface area contributed by atoms with E-state index in [9.17, 15) is 9.59 Å². The van der Waals surface area contributed by atoms with E-state index in [4.69, 9.17) is 0 Å². The number of nitrogens with one attached hydrogen (secondary N) is 2. The van der Waals surface area contributed by atoms with Gasteiger partial charge in [0, 0.05) is 35.0 Å². The van der Waals surface area contributed by atoms with Gasteiger partial charge in [-0.25, -0.2) is 0 Å². The number of aromatic nitrogens is 1. The van der Waals surface area contributed by atoms with Crippen molar-refractivity contribution in [1.29, 1.82) is 0 Å². The van der Waals surface area contributed by atoms with Gasteiger partial charge in [-0.2, -0.15) is 0 Å². The Kier molecular flexibility index (Phi) is 5.62. The van der Waals surface area contributed by atoms with Gasteiger partial charge in [-0.1, -0.05) is 24.3 Å². The van der Waals surface area contributed by atoms with Crippen molar-refractivity contribution >= 4 is 40.2 Å². The average Bonchev–Trinajstić information content (AvgIpc) is 3.36. The summed E-state index contributed by atoms with van der Waals surface area (Å²) in [5.74, 6) is 1.12. The summed E-state index contributed by atoms with van der Waals surface area (Å²) in [5.41, 5.74) is 5.32. The highest BCUT2D eigenvalue weighted by molar-refractivity contribution is 7.99. The van der Waals surface area contributed by atoms with Crippen LogP contribution >= 0.6 is 11.8 Å². The first-order valence-corrected chi connectivity index (χ1v) is 11.0. The van der Waals surface area contributed by atoms with Gasteiger partial charge in [-0.15, -0.1) is 11.8 Å². The number of carbonyl (C=O) groups excluding carboxylic acids is 2. The molecule has 2 heterocycles. The summed E-state index contributed by atoms with van der Waals surface area (Å²) in [6.07, 6.45) is 3.03. The summed E-state index contributed by atoms with van der Waals surface area (Å²) in [6, 6.07) is 13.6. The lowest BCUT2D eigenvalue weighted by Gasteiger charge is -2.23. The number of hydrogen-bond donors (Lipinski definition) is 2. The number of anilines is 1. The minimum atomic E-state index is -0.419. The number of thioether (sulfide) groups is 1. The first kappa shape index (κ1) is 19.6. The Bertz CT molecular complexity index is 1060. The fourth-order valence-electron chi connectivity index (χ4n) is 3.67. The van der Waals surface area contributed by atoms with Crippen LogP contribution in [0.5, 0.6) is 0 Å². The molecule has 1 atom stereocenters. The van der Waals surface area contributed by atoms with Crippen LogP contribution in [-0.4, -0.2) is 39.4 Å². The van der Waals surface area contributed by atoms with Gasteiger partial charge in [0.15, 0.2) is 0 Å². The van der Waals surface area contributed by atoms with Gasteiger partial charge in [0.1, 0.15) is 6.04 Å². The molecule has 1 fully saturated rings. The predicted molar refractivity (Wildman–Crippen MR) is 119 cm³/mol. The molecule has 1 aliphatic rings. The van der Waals surface area contributed by atoms with E-state index in [-0.39, 0.29) is 11.8 Å². The SMILES string of the molecule is Cc1ccc(NC(=O)C2CSCN2C(=O)CCc2c[nH]c3ccccc23)cc1C. The zero-order chi connectivity index (χ0) is 20.4. The number of aromatic amines is 1. The van der Waals surface area contributed by atoms with Crippen LogP contribution in [0.1, 0.15) is 23.1 Å². The highest BCUT2D eigenvalue weighted by atomic mass is 32.2. The number of H-pyrrole nitrogens is 1. The first-order valence-electron chi connectivity index (χ1n) is 9.83. The fourth-order valence-corrected chi connectivity index (χ4v) is 4.85. The molecule has 2 N–H and O–H groups in total. The molecular weight excluding hydrogens is 382 g/mol. The van der Waals surface area contributed by atoms with E-state index in [1.54, 1.807) is 16.7 Å². The number of carbonyl (C=O) groups is 2. The lowest BCUT2D eigenvalue weighted by Crippen LogP contribution is -2.44. The van der Waals surface area contributed by atoms with Crippen LogP contribution in [0.3, 0.4) is 0 Å². The number of aryl methyl sites for hydroxylation is 3. The minimum Gasteiger partial charge on any atom is -0.361 e. The Balaban J connectivity index is 1.39. The van der Waals surface area contributed by atoms with Crippen LogP contribution < -0.4 is 5.32 Å². The topological polar surface area (TPSA) is 65.2 Å². The number of amides is 2. The van der Waals surface area contributed by atoms with E-state index in [2.05, 4.69) is 16.4 Å². The second kappa shape index (κ2) is 8.33. The standard InChI is InChI=1S/C23H25N3O2S/c1-15-7-9-18(11-16(15)2)25-23(28)21-13-29-14-26(21)22(27)10-8-17-12-24-20-6-4-3-5-19(17)20/h3-7,9,11-12,21,24H,8,10,13-14H2,1-2H3,(H,25,28). The van der Waals surface area contributed by atoms with Gasteiger partial charge < -0.3 is 15.2 Å². The zero-order valence-electron chi connectivity index (χ0n) is 16.7. The summed E-state index contributed by atoms with van der Waals surface area (Å²) in [7, 11) is 0. The summed E-state index contributed by atoms with van der Waals surface area (Å²) in [4.78, 5) is 30.6. The zero-order valence-corrected chi connectivity index (χ0v) is 17.5.